The van der Waals surface area contributed by atoms with Crippen molar-refractivity contribution in [2.45, 2.75) is 12.2 Å². The second-order valence-corrected chi connectivity index (χ2v) is 7.13. The minimum atomic E-state index is -1.84. The molecule has 2 atom stereocenters. The summed E-state index contributed by atoms with van der Waals surface area (Å²) in [6.45, 7) is 0. The number of aliphatic hydroxyl groups excluding tert-OH is 2. The van der Waals surface area contributed by atoms with Gasteiger partial charge < -0.3 is 20.0 Å². The molecule has 1 unspecified atom stereocenters. The maximum atomic E-state index is 12.5. The number of rotatable bonds is 5. The summed E-state index contributed by atoms with van der Waals surface area (Å²) in [5.74, 6) is -1.49. The molecule has 6 nitrogen and oxygen atoms in total. The van der Waals surface area contributed by atoms with Gasteiger partial charge in [0.15, 0.2) is 12.2 Å². The fourth-order valence-corrected chi connectivity index (χ4v) is 3.11. The molecule has 3 aromatic rings. The predicted octanol–water partition coefficient (Wildman–Crippen LogP) is 2.28. The molecule has 0 aliphatic heterocycles. The van der Waals surface area contributed by atoms with E-state index in [0.717, 1.165) is 26.8 Å². The fourth-order valence-electron chi connectivity index (χ4n) is 3.11. The lowest BCUT2D eigenvalue weighted by molar-refractivity contribution is -0.149. The maximum absolute atomic E-state index is 12.5. The highest BCUT2D eigenvalue weighted by molar-refractivity contribution is 6.00. The molecule has 0 fully saturated rings. The SMILES string of the molecule is CN(C)C(=O)[C@H](O)C(O)C(=O)N(C)c1ccc(-c2ccc3ccccc3c2)cc1. The lowest BCUT2D eigenvalue weighted by Crippen LogP contribution is -2.49. The van der Waals surface area contributed by atoms with Crippen LogP contribution in [-0.4, -0.2) is 60.3 Å². The molecular weight excluding hydrogens is 368 g/mol. The van der Waals surface area contributed by atoms with Gasteiger partial charge in [-0.3, -0.25) is 9.59 Å². The van der Waals surface area contributed by atoms with Crippen molar-refractivity contribution in [3.63, 3.8) is 0 Å². The monoisotopic (exact) mass is 392 g/mol. The quantitative estimate of drug-likeness (QED) is 0.698. The number of amides is 2. The molecule has 6 heteroatoms. The van der Waals surface area contributed by atoms with Crippen LogP contribution >= 0.6 is 0 Å². The first kappa shape index (κ1) is 20.5. The van der Waals surface area contributed by atoms with Gasteiger partial charge in [-0.25, -0.2) is 0 Å². The van der Waals surface area contributed by atoms with Crippen LogP contribution in [0.5, 0.6) is 0 Å². The van der Waals surface area contributed by atoms with Gasteiger partial charge >= 0.3 is 0 Å². The van der Waals surface area contributed by atoms with Crippen molar-refractivity contribution in [1.29, 1.82) is 0 Å². The van der Waals surface area contributed by atoms with E-state index in [9.17, 15) is 19.8 Å². The summed E-state index contributed by atoms with van der Waals surface area (Å²) in [6.07, 6.45) is -3.65. The largest absolute Gasteiger partial charge is 0.380 e. The zero-order valence-electron chi connectivity index (χ0n) is 16.6. The number of nitrogens with zero attached hydrogens (tertiary/aromatic N) is 2. The first-order valence-electron chi connectivity index (χ1n) is 9.23. The predicted molar refractivity (Wildman–Crippen MR) is 114 cm³/mol. The lowest BCUT2D eigenvalue weighted by Gasteiger charge is -2.25. The molecule has 29 heavy (non-hydrogen) atoms. The van der Waals surface area contributed by atoms with E-state index in [2.05, 4.69) is 24.3 Å². The van der Waals surface area contributed by atoms with Crippen molar-refractivity contribution < 1.29 is 19.8 Å². The van der Waals surface area contributed by atoms with Crippen molar-refractivity contribution >= 4 is 28.3 Å². The zero-order chi connectivity index (χ0) is 21.1. The molecule has 0 aromatic heterocycles. The minimum Gasteiger partial charge on any atom is -0.380 e. The van der Waals surface area contributed by atoms with Crippen molar-refractivity contribution in [2.75, 3.05) is 26.0 Å². The molecule has 0 saturated heterocycles. The summed E-state index contributed by atoms with van der Waals surface area (Å²) in [4.78, 5) is 26.6. The molecule has 0 bridgehead atoms. The van der Waals surface area contributed by atoms with Crippen LogP contribution in [0.25, 0.3) is 21.9 Å². The van der Waals surface area contributed by atoms with E-state index in [1.807, 2.05) is 30.3 Å². The number of likely N-dealkylation sites (N-methyl/N-ethyl adjacent to an activating group) is 2. The van der Waals surface area contributed by atoms with Crippen LogP contribution in [0, 0.1) is 0 Å². The van der Waals surface area contributed by atoms with Crippen molar-refractivity contribution in [2.24, 2.45) is 0 Å². The lowest BCUT2D eigenvalue weighted by atomic mass is 10.0. The third-order valence-electron chi connectivity index (χ3n) is 4.91. The summed E-state index contributed by atoms with van der Waals surface area (Å²) < 4.78 is 0. The second kappa shape index (κ2) is 8.43. The Labute approximate surface area is 169 Å². The van der Waals surface area contributed by atoms with Gasteiger partial charge in [0, 0.05) is 26.8 Å². The highest BCUT2D eigenvalue weighted by Crippen LogP contribution is 2.26. The smallest absolute Gasteiger partial charge is 0.258 e. The van der Waals surface area contributed by atoms with Crippen LogP contribution in [0.3, 0.4) is 0 Å². The van der Waals surface area contributed by atoms with Crippen LogP contribution in [0.4, 0.5) is 5.69 Å². The Morgan fingerprint density at radius 3 is 1.90 bits per heavy atom. The first-order valence-corrected chi connectivity index (χ1v) is 9.23. The Kier molecular flexibility index (Phi) is 5.96. The Morgan fingerprint density at radius 1 is 0.724 bits per heavy atom. The van der Waals surface area contributed by atoms with Crippen LogP contribution in [0.1, 0.15) is 0 Å². The van der Waals surface area contributed by atoms with Crippen molar-refractivity contribution in [3.8, 4) is 11.1 Å². The molecule has 0 spiro atoms. The van der Waals surface area contributed by atoms with Crippen molar-refractivity contribution in [1.82, 2.24) is 4.90 Å². The molecule has 0 saturated carbocycles. The Hall–Kier alpha value is -3.22. The number of anilines is 1. The van der Waals surface area contributed by atoms with Crippen LogP contribution in [0.15, 0.2) is 66.7 Å². The number of carbonyl (C=O) groups excluding carboxylic acids is 2. The zero-order valence-corrected chi connectivity index (χ0v) is 16.6. The maximum Gasteiger partial charge on any atom is 0.258 e. The molecule has 0 heterocycles. The number of hydrogen-bond donors (Lipinski definition) is 2. The number of hydrogen-bond acceptors (Lipinski definition) is 4. The van der Waals surface area contributed by atoms with E-state index in [4.69, 9.17) is 0 Å². The first-order chi connectivity index (χ1) is 13.8. The Bertz CT molecular complexity index is 1030. The summed E-state index contributed by atoms with van der Waals surface area (Å²) in [6, 6.07) is 21.6. The van der Waals surface area contributed by atoms with E-state index in [0.29, 0.717) is 5.69 Å². The highest BCUT2D eigenvalue weighted by Gasteiger charge is 2.33. The molecule has 0 aliphatic rings. The average Bonchev–Trinajstić information content (AvgIpc) is 2.76. The number of carbonyl (C=O) groups is 2. The average molecular weight is 392 g/mol. The van der Waals surface area contributed by atoms with Crippen LogP contribution < -0.4 is 4.90 Å². The summed E-state index contributed by atoms with van der Waals surface area (Å²) >= 11 is 0. The van der Waals surface area contributed by atoms with E-state index in [1.54, 1.807) is 12.1 Å². The van der Waals surface area contributed by atoms with Crippen LogP contribution in [-0.2, 0) is 9.59 Å². The third kappa shape index (κ3) is 4.29. The van der Waals surface area contributed by atoms with Gasteiger partial charge in [-0.05, 0) is 40.1 Å². The standard InChI is InChI=1S/C23H24N2O4/c1-24(2)22(28)20(26)21(27)23(29)25(3)19-12-10-16(11-13-19)18-9-8-15-6-4-5-7-17(15)14-18/h4-14,20-21,26-27H,1-3H3/t20-,21?/m1/s1. The van der Waals surface area contributed by atoms with E-state index in [1.165, 1.54) is 26.0 Å². The molecule has 3 aromatic carbocycles. The normalized spacial score (nSPS) is 13.0. The molecule has 2 amide bonds. The number of aliphatic hydroxyl groups is 2. The van der Waals surface area contributed by atoms with Crippen molar-refractivity contribution in [3.05, 3.63) is 66.7 Å². The number of benzene rings is 3. The molecule has 0 aliphatic carbocycles. The third-order valence-corrected chi connectivity index (χ3v) is 4.91. The fraction of sp³-hybridized carbons (Fsp3) is 0.217. The molecule has 150 valence electrons. The van der Waals surface area contributed by atoms with Gasteiger partial charge in [-0.2, -0.15) is 0 Å². The number of fused-ring (bicyclic) bond motifs is 1. The second-order valence-electron chi connectivity index (χ2n) is 7.13. The van der Waals surface area contributed by atoms with E-state index < -0.39 is 24.0 Å². The molecule has 2 N–H and O–H groups in total. The summed E-state index contributed by atoms with van der Waals surface area (Å²) in [5, 5.41) is 22.3. The van der Waals surface area contributed by atoms with Crippen LogP contribution in [0.2, 0.25) is 0 Å². The summed E-state index contributed by atoms with van der Waals surface area (Å²) in [7, 11) is 4.37. The summed E-state index contributed by atoms with van der Waals surface area (Å²) in [5.41, 5.74) is 2.59. The van der Waals surface area contributed by atoms with Gasteiger partial charge in [0.25, 0.3) is 11.8 Å². The Morgan fingerprint density at radius 2 is 1.28 bits per heavy atom. The topological polar surface area (TPSA) is 81.1 Å². The molecule has 0 radical (unpaired) electrons. The highest BCUT2D eigenvalue weighted by atomic mass is 16.3. The van der Waals surface area contributed by atoms with Gasteiger partial charge in [-0.1, -0.05) is 48.5 Å². The van der Waals surface area contributed by atoms with Gasteiger partial charge in [0.05, 0.1) is 0 Å². The van der Waals surface area contributed by atoms with Gasteiger partial charge in [-0.15, -0.1) is 0 Å². The van der Waals surface area contributed by atoms with Gasteiger partial charge in [0.2, 0.25) is 0 Å². The molecular formula is C23H24N2O4. The van der Waals surface area contributed by atoms with E-state index in [-0.39, 0.29) is 0 Å². The molecule has 3 rings (SSSR count). The Balaban J connectivity index is 1.78. The van der Waals surface area contributed by atoms with E-state index >= 15 is 0 Å². The minimum absolute atomic E-state index is 0.545. The van der Waals surface area contributed by atoms with Gasteiger partial charge in [0.1, 0.15) is 0 Å².